The van der Waals surface area contributed by atoms with E-state index in [1.807, 2.05) is 0 Å². The molecule has 1 saturated heterocycles. The lowest BCUT2D eigenvalue weighted by atomic mass is 10.1. The average molecular weight is 332 g/mol. The first kappa shape index (κ1) is 13.7. The molecule has 1 aliphatic heterocycles. The number of piperidine rings is 1. The average Bonchev–Trinajstić information content (AvgIpc) is 2.36. The lowest BCUT2D eigenvalue weighted by Gasteiger charge is -2.23. The van der Waals surface area contributed by atoms with E-state index in [0.717, 1.165) is 12.5 Å². The molecule has 0 aliphatic carbocycles. The van der Waals surface area contributed by atoms with Crippen molar-refractivity contribution >= 4 is 33.2 Å². The summed E-state index contributed by atoms with van der Waals surface area (Å²) in [7, 11) is 0. The molecule has 1 fully saturated rings. The zero-order valence-electron chi connectivity index (χ0n) is 9.78. The molecule has 0 radical (unpaired) electrons. The van der Waals surface area contributed by atoms with E-state index >= 15 is 0 Å². The van der Waals surface area contributed by atoms with Crippen LogP contribution in [0.2, 0.25) is 0 Å². The predicted octanol–water partition coefficient (Wildman–Crippen LogP) is 2.19. The van der Waals surface area contributed by atoms with E-state index in [9.17, 15) is 19.3 Å². The Labute approximate surface area is 116 Å². The Morgan fingerprint density at radius 2 is 2.26 bits per heavy atom. The van der Waals surface area contributed by atoms with Crippen LogP contribution in [-0.4, -0.2) is 23.4 Å². The summed E-state index contributed by atoms with van der Waals surface area (Å²) < 4.78 is 13.4. The molecule has 1 amide bonds. The number of anilines is 1. The van der Waals surface area contributed by atoms with Gasteiger partial charge in [-0.3, -0.25) is 14.9 Å². The minimum absolute atomic E-state index is 0.108. The maximum atomic E-state index is 13.3. The zero-order chi connectivity index (χ0) is 14.0. The van der Waals surface area contributed by atoms with Gasteiger partial charge in [0, 0.05) is 6.54 Å². The third-order valence-electron chi connectivity index (χ3n) is 2.85. The fraction of sp³-hybridized carbons (Fsp3) is 0.364. The predicted molar refractivity (Wildman–Crippen MR) is 70.4 cm³/mol. The number of halogens is 2. The van der Waals surface area contributed by atoms with Gasteiger partial charge in [0.25, 0.3) is 5.69 Å². The highest BCUT2D eigenvalue weighted by atomic mass is 79.9. The first-order chi connectivity index (χ1) is 8.99. The first-order valence-electron chi connectivity index (χ1n) is 5.66. The Bertz CT molecular complexity index is 538. The summed E-state index contributed by atoms with van der Waals surface area (Å²) in [6.07, 6.45) is 1.37. The standard InChI is InChI=1S/C11H11BrFN3O3/c12-6-4-9(10(16(18)19)5-7(6)13)15-8-2-1-3-14-11(8)17/h4-5,8,15H,1-3H2,(H,14,17). The van der Waals surface area contributed by atoms with Crippen molar-refractivity contribution in [1.29, 1.82) is 0 Å². The topological polar surface area (TPSA) is 84.3 Å². The maximum absolute atomic E-state index is 13.3. The summed E-state index contributed by atoms with van der Waals surface area (Å²) in [5, 5.41) is 16.4. The van der Waals surface area contributed by atoms with E-state index < -0.39 is 16.8 Å². The van der Waals surface area contributed by atoms with Crippen LogP contribution in [0.25, 0.3) is 0 Å². The van der Waals surface area contributed by atoms with Crippen molar-refractivity contribution in [1.82, 2.24) is 5.32 Å². The van der Waals surface area contributed by atoms with E-state index in [-0.39, 0.29) is 21.8 Å². The van der Waals surface area contributed by atoms with Crippen LogP contribution in [0.4, 0.5) is 15.8 Å². The SMILES string of the molecule is O=C1NCCCC1Nc1cc(Br)c(F)cc1[N+](=O)[O-]. The Kier molecular flexibility index (Phi) is 3.98. The van der Waals surface area contributed by atoms with Crippen molar-refractivity contribution in [3.8, 4) is 0 Å². The highest BCUT2D eigenvalue weighted by Crippen LogP contribution is 2.31. The minimum Gasteiger partial charge on any atom is -0.368 e. The van der Waals surface area contributed by atoms with E-state index in [0.29, 0.717) is 13.0 Å². The molecular weight excluding hydrogens is 321 g/mol. The van der Waals surface area contributed by atoms with Gasteiger partial charge in [-0.2, -0.15) is 0 Å². The molecule has 6 nitrogen and oxygen atoms in total. The molecule has 1 unspecified atom stereocenters. The van der Waals surface area contributed by atoms with Crippen molar-refractivity contribution in [2.75, 3.05) is 11.9 Å². The number of carbonyl (C=O) groups is 1. The fourth-order valence-electron chi connectivity index (χ4n) is 1.90. The molecule has 102 valence electrons. The number of nitrogens with one attached hydrogen (secondary N) is 2. The van der Waals surface area contributed by atoms with Crippen LogP contribution < -0.4 is 10.6 Å². The Morgan fingerprint density at radius 1 is 1.53 bits per heavy atom. The molecule has 2 rings (SSSR count). The number of rotatable bonds is 3. The van der Waals surface area contributed by atoms with Crippen LogP contribution >= 0.6 is 15.9 Å². The van der Waals surface area contributed by atoms with Crippen molar-refractivity contribution in [2.45, 2.75) is 18.9 Å². The molecule has 1 atom stereocenters. The maximum Gasteiger partial charge on any atom is 0.295 e. The summed E-state index contributed by atoms with van der Waals surface area (Å²) in [6.45, 7) is 0.603. The number of nitrogens with zero attached hydrogens (tertiary/aromatic N) is 1. The fourth-order valence-corrected chi connectivity index (χ4v) is 2.24. The number of carbonyl (C=O) groups excluding carboxylic acids is 1. The normalized spacial score (nSPS) is 18.8. The number of nitro benzene ring substituents is 1. The molecule has 1 aromatic carbocycles. The molecule has 19 heavy (non-hydrogen) atoms. The van der Waals surface area contributed by atoms with E-state index in [4.69, 9.17) is 0 Å². The van der Waals surface area contributed by atoms with Crippen LogP contribution in [0.1, 0.15) is 12.8 Å². The number of hydrogen-bond acceptors (Lipinski definition) is 4. The first-order valence-corrected chi connectivity index (χ1v) is 6.46. The van der Waals surface area contributed by atoms with Crippen molar-refractivity contribution in [2.24, 2.45) is 0 Å². The number of hydrogen-bond donors (Lipinski definition) is 2. The molecule has 1 heterocycles. The van der Waals surface area contributed by atoms with E-state index in [2.05, 4.69) is 26.6 Å². The molecule has 0 spiro atoms. The minimum atomic E-state index is -0.717. The Balaban J connectivity index is 2.30. The summed E-state index contributed by atoms with van der Waals surface area (Å²) in [4.78, 5) is 21.8. The van der Waals surface area contributed by atoms with Gasteiger partial charge in [-0.25, -0.2) is 4.39 Å². The number of nitro groups is 1. The Morgan fingerprint density at radius 3 is 2.89 bits per heavy atom. The molecule has 1 aliphatic rings. The lowest BCUT2D eigenvalue weighted by Crippen LogP contribution is -2.44. The van der Waals surface area contributed by atoms with Crippen LogP contribution in [-0.2, 0) is 4.79 Å². The summed E-state index contributed by atoms with van der Waals surface area (Å²) in [5.74, 6) is -0.925. The van der Waals surface area contributed by atoms with Gasteiger partial charge in [-0.05, 0) is 34.8 Å². The quantitative estimate of drug-likeness (QED) is 0.656. The van der Waals surface area contributed by atoms with Crippen molar-refractivity contribution in [3.63, 3.8) is 0 Å². The van der Waals surface area contributed by atoms with Gasteiger partial charge in [0.2, 0.25) is 5.91 Å². The Hall–Kier alpha value is -1.70. The smallest absolute Gasteiger partial charge is 0.295 e. The zero-order valence-corrected chi connectivity index (χ0v) is 11.4. The molecule has 0 bridgehead atoms. The van der Waals surface area contributed by atoms with E-state index in [1.54, 1.807) is 0 Å². The third-order valence-corrected chi connectivity index (χ3v) is 3.46. The highest BCUT2D eigenvalue weighted by molar-refractivity contribution is 9.10. The molecule has 0 aromatic heterocycles. The highest BCUT2D eigenvalue weighted by Gasteiger charge is 2.25. The van der Waals surface area contributed by atoms with Gasteiger partial charge in [0.15, 0.2) is 0 Å². The summed E-state index contributed by atoms with van der Waals surface area (Å²) >= 11 is 2.97. The van der Waals surface area contributed by atoms with Crippen LogP contribution in [0.3, 0.4) is 0 Å². The second-order valence-corrected chi connectivity index (χ2v) is 5.03. The van der Waals surface area contributed by atoms with Gasteiger partial charge in [0.05, 0.1) is 15.5 Å². The molecule has 1 aromatic rings. The monoisotopic (exact) mass is 331 g/mol. The van der Waals surface area contributed by atoms with Gasteiger partial charge in [-0.1, -0.05) is 0 Å². The summed E-state index contributed by atoms with van der Waals surface area (Å²) in [5.41, 5.74) is -0.264. The van der Waals surface area contributed by atoms with Crippen LogP contribution in [0.5, 0.6) is 0 Å². The van der Waals surface area contributed by atoms with Crippen LogP contribution in [0.15, 0.2) is 16.6 Å². The molecular formula is C11H11BrFN3O3. The second kappa shape index (κ2) is 5.52. The van der Waals surface area contributed by atoms with Gasteiger partial charge in [-0.15, -0.1) is 0 Å². The van der Waals surface area contributed by atoms with Crippen molar-refractivity contribution < 1.29 is 14.1 Å². The van der Waals surface area contributed by atoms with Gasteiger partial charge in [0.1, 0.15) is 17.5 Å². The number of amides is 1. The molecule has 0 saturated carbocycles. The number of benzene rings is 1. The third kappa shape index (κ3) is 3.01. The second-order valence-electron chi connectivity index (χ2n) is 4.17. The largest absolute Gasteiger partial charge is 0.368 e. The van der Waals surface area contributed by atoms with Gasteiger partial charge < -0.3 is 10.6 Å². The van der Waals surface area contributed by atoms with Crippen molar-refractivity contribution in [3.05, 3.63) is 32.5 Å². The van der Waals surface area contributed by atoms with Crippen LogP contribution in [0, 0.1) is 15.9 Å². The summed E-state index contributed by atoms with van der Waals surface area (Å²) in [6, 6.07) is 1.56. The van der Waals surface area contributed by atoms with E-state index in [1.165, 1.54) is 6.07 Å². The molecule has 2 N–H and O–H groups in total. The molecule has 8 heteroatoms. The lowest BCUT2D eigenvalue weighted by molar-refractivity contribution is -0.384. The van der Waals surface area contributed by atoms with Gasteiger partial charge >= 0.3 is 0 Å².